The lowest BCUT2D eigenvalue weighted by molar-refractivity contribution is -0.115. The van der Waals surface area contributed by atoms with Gasteiger partial charge in [-0.2, -0.15) is 0 Å². The molecular formula is C26H27N5O3S. The van der Waals surface area contributed by atoms with Crippen LogP contribution in [0.1, 0.15) is 24.5 Å². The maximum atomic E-state index is 13.3. The van der Waals surface area contributed by atoms with Crippen molar-refractivity contribution >= 4 is 34.5 Å². The van der Waals surface area contributed by atoms with Gasteiger partial charge in [-0.05, 0) is 43.0 Å². The summed E-state index contributed by atoms with van der Waals surface area (Å²) in [5.41, 5.74) is 2.93. The molecule has 2 aromatic heterocycles. The van der Waals surface area contributed by atoms with Crippen LogP contribution in [0.15, 0.2) is 70.9 Å². The van der Waals surface area contributed by atoms with Gasteiger partial charge < -0.3 is 10.1 Å². The number of nitrogens with zero attached hydrogens (tertiary/aromatic N) is 4. The van der Waals surface area contributed by atoms with E-state index in [-0.39, 0.29) is 22.6 Å². The molecule has 35 heavy (non-hydrogen) atoms. The second-order valence-corrected chi connectivity index (χ2v) is 9.19. The van der Waals surface area contributed by atoms with E-state index < -0.39 is 5.25 Å². The number of aryl methyl sites for hydroxylation is 2. The number of nitrogens with one attached hydrogen (secondary N) is 1. The summed E-state index contributed by atoms with van der Waals surface area (Å²) in [5.74, 6) is 0.396. The van der Waals surface area contributed by atoms with E-state index in [1.54, 1.807) is 11.7 Å². The fourth-order valence-electron chi connectivity index (χ4n) is 3.68. The fraction of sp³-hybridized carbons (Fsp3) is 0.269. The van der Waals surface area contributed by atoms with Gasteiger partial charge >= 0.3 is 0 Å². The Morgan fingerprint density at radius 3 is 2.66 bits per heavy atom. The molecule has 180 valence electrons. The standard InChI is InChI=1S/C26H27N5O3S/c1-4-21(24(32)29-19-16-17(2)10-11-20(19)34-3)35-26-30-23-22(27-13-14-28-23)25(33)31(26)15-12-18-8-6-5-7-9-18/h5-11,13-14,16,21H,4,12,15H2,1-3H3,(H,29,32)/t21-/m0/s1. The first-order valence-corrected chi connectivity index (χ1v) is 12.3. The van der Waals surface area contributed by atoms with Gasteiger partial charge in [-0.25, -0.2) is 15.0 Å². The SMILES string of the molecule is CC[C@H](Sc1nc2nccnc2c(=O)n1CCc1ccccc1)C(=O)Nc1cc(C)ccc1OC. The van der Waals surface area contributed by atoms with Gasteiger partial charge in [0.25, 0.3) is 5.56 Å². The number of ether oxygens (including phenoxy) is 1. The lowest BCUT2D eigenvalue weighted by atomic mass is 10.1. The summed E-state index contributed by atoms with van der Waals surface area (Å²) in [6.45, 7) is 4.29. The normalized spacial score (nSPS) is 11.9. The van der Waals surface area contributed by atoms with Crippen molar-refractivity contribution in [2.75, 3.05) is 12.4 Å². The Hall–Kier alpha value is -3.72. The molecule has 0 aliphatic heterocycles. The molecule has 1 atom stereocenters. The molecule has 1 amide bonds. The third kappa shape index (κ3) is 5.68. The number of carbonyl (C=O) groups is 1. The smallest absolute Gasteiger partial charge is 0.282 e. The van der Waals surface area contributed by atoms with E-state index in [0.29, 0.717) is 36.0 Å². The number of hydrogen-bond acceptors (Lipinski definition) is 7. The maximum Gasteiger partial charge on any atom is 0.282 e. The highest BCUT2D eigenvalue weighted by atomic mass is 32.2. The third-order valence-electron chi connectivity index (χ3n) is 5.55. The number of carbonyl (C=O) groups excluding carboxylic acids is 1. The summed E-state index contributed by atoms with van der Waals surface area (Å²) in [4.78, 5) is 39.6. The molecule has 4 rings (SSSR count). The highest BCUT2D eigenvalue weighted by molar-refractivity contribution is 8.00. The van der Waals surface area contributed by atoms with Crippen molar-refractivity contribution in [3.8, 4) is 5.75 Å². The van der Waals surface area contributed by atoms with Gasteiger partial charge in [0, 0.05) is 18.9 Å². The van der Waals surface area contributed by atoms with E-state index in [1.165, 1.54) is 24.2 Å². The summed E-state index contributed by atoms with van der Waals surface area (Å²) < 4.78 is 6.99. The first-order chi connectivity index (χ1) is 17.0. The maximum absolute atomic E-state index is 13.3. The molecule has 0 spiro atoms. The zero-order valence-corrected chi connectivity index (χ0v) is 20.7. The molecule has 0 unspecified atom stereocenters. The molecule has 9 heteroatoms. The number of amides is 1. The first kappa shape index (κ1) is 24.4. The molecular weight excluding hydrogens is 462 g/mol. The molecule has 8 nitrogen and oxygen atoms in total. The van der Waals surface area contributed by atoms with Crippen LogP contribution < -0.4 is 15.6 Å². The number of methoxy groups -OCH3 is 1. The van der Waals surface area contributed by atoms with Crippen LogP contribution in [-0.2, 0) is 17.8 Å². The number of hydrogen-bond donors (Lipinski definition) is 1. The molecule has 2 heterocycles. The number of thioether (sulfide) groups is 1. The van der Waals surface area contributed by atoms with Crippen molar-refractivity contribution in [3.05, 3.63) is 82.4 Å². The summed E-state index contributed by atoms with van der Waals surface area (Å²) in [7, 11) is 1.57. The zero-order chi connectivity index (χ0) is 24.8. The van der Waals surface area contributed by atoms with E-state index in [2.05, 4.69) is 20.3 Å². The Morgan fingerprint density at radius 2 is 1.91 bits per heavy atom. The Morgan fingerprint density at radius 1 is 1.14 bits per heavy atom. The van der Waals surface area contributed by atoms with E-state index in [1.807, 2.05) is 62.4 Å². The molecule has 2 aromatic carbocycles. The lowest BCUT2D eigenvalue weighted by Gasteiger charge is -2.18. The van der Waals surface area contributed by atoms with Gasteiger partial charge in [-0.15, -0.1) is 0 Å². The van der Waals surface area contributed by atoms with Crippen LogP contribution in [0.4, 0.5) is 5.69 Å². The Balaban J connectivity index is 1.64. The third-order valence-corrected chi connectivity index (χ3v) is 6.90. The highest BCUT2D eigenvalue weighted by Gasteiger charge is 2.23. The Kier molecular flexibility index (Phi) is 7.77. The number of rotatable bonds is 9. The molecule has 0 radical (unpaired) electrons. The Bertz CT molecular complexity index is 1390. The van der Waals surface area contributed by atoms with E-state index in [0.717, 1.165) is 11.1 Å². The molecule has 0 saturated heterocycles. The molecule has 0 aliphatic rings. The van der Waals surface area contributed by atoms with Crippen LogP contribution in [0.25, 0.3) is 11.2 Å². The van der Waals surface area contributed by atoms with Crippen molar-refractivity contribution in [2.24, 2.45) is 0 Å². The minimum absolute atomic E-state index is 0.190. The number of fused-ring (bicyclic) bond motifs is 1. The summed E-state index contributed by atoms with van der Waals surface area (Å²) in [6, 6.07) is 15.5. The van der Waals surface area contributed by atoms with Gasteiger partial charge in [-0.3, -0.25) is 14.2 Å². The lowest BCUT2D eigenvalue weighted by Crippen LogP contribution is -2.29. The minimum atomic E-state index is -0.482. The van der Waals surface area contributed by atoms with Crippen molar-refractivity contribution in [1.82, 2.24) is 19.5 Å². The molecule has 4 aromatic rings. The molecule has 1 N–H and O–H groups in total. The van der Waals surface area contributed by atoms with Gasteiger partial charge in [0.15, 0.2) is 16.3 Å². The predicted octanol–water partition coefficient (Wildman–Crippen LogP) is 4.26. The van der Waals surface area contributed by atoms with Crippen molar-refractivity contribution in [1.29, 1.82) is 0 Å². The molecule has 0 bridgehead atoms. The van der Waals surface area contributed by atoms with Crippen LogP contribution >= 0.6 is 11.8 Å². The predicted molar refractivity (Wildman–Crippen MR) is 138 cm³/mol. The van der Waals surface area contributed by atoms with E-state index >= 15 is 0 Å². The van der Waals surface area contributed by atoms with Gasteiger partial charge in [-0.1, -0.05) is 55.1 Å². The van der Waals surface area contributed by atoms with E-state index in [9.17, 15) is 9.59 Å². The van der Waals surface area contributed by atoms with Gasteiger partial charge in [0.05, 0.1) is 18.0 Å². The average molecular weight is 490 g/mol. The quantitative estimate of drug-likeness (QED) is 0.277. The second kappa shape index (κ2) is 11.1. The molecule has 0 saturated carbocycles. The molecule has 0 fully saturated rings. The summed E-state index contributed by atoms with van der Waals surface area (Å²) in [5, 5.41) is 2.93. The van der Waals surface area contributed by atoms with Crippen LogP contribution in [0.5, 0.6) is 5.75 Å². The molecule has 0 aliphatic carbocycles. The zero-order valence-electron chi connectivity index (χ0n) is 19.9. The monoisotopic (exact) mass is 489 g/mol. The number of aromatic nitrogens is 4. The Labute approximate surface area is 207 Å². The minimum Gasteiger partial charge on any atom is -0.495 e. The van der Waals surface area contributed by atoms with Crippen molar-refractivity contribution in [3.63, 3.8) is 0 Å². The summed E-state index contributed by atoms with van der Waals surface area (Å²) >= 11 is 1.26. The summed E-state index contributed by atoms with van der Waals surface area (Å²) in [6.07, 6.45) is 4.17. The topological polar surface area (TPSA) is 99.0 Å². The first-order valence-electron chi connectivity index (χ1n) is 11.4. The largest absolute Gasteiger partial charge is 0.495 e. The van der Waals surface area contributed by atoms with Crippen LogP contribution in [0.3, 0.4) is 0 Å². The van der Waals surface area contributed by atoms with Crippen molar-refractivity contribution < 1.29 is 9.53 Å². The number of anilines is 1. The van der Waals surface area contributed by atoms with Crippen LogP contribution in [-0.4, -0.2) is 37.8 Å². The second-order valence-electron chi connectivity index (χ2n) is 8.02. The highest BCUT2D eigenvalue weighted by Crippen LogP contribution is 2.29. The number of benzene rings is 2. The van der Waals surface area contributed by atoms with Gasteiger partial charge in [0.2, 0.25) is 5.91 Å². The van der Waals surface area contributed by atoms with Crippen LogP contribution in [0.2, 0.25) is 0 Å². The fourth-order valence-corrected chi connectivity index (χ4v) is 4.71. The van der Waals surface area contributed by atoms with Gasteiger partial charge in [0.1, 0.15) is 5.75 Å². The average Bonchev–Trinajstić information content (AvgIpc) is 2.87. The van der Waals surface area contributed by atoms with E-state index in [4.69, 9.17) is 4.74 Å². The van der Waals surface area contributed by atoms with Crippen molar-refractivity contribution in [2.45, 2.75) is 43.6 Å². The van der Waals surface area contributed by atoms with Crippen LogP contribution in [0, 0.1) is 6.92 Å².